The van der Waals surface area contributed by atoms with E-state index in [0.717, 1.165) is 0 Å². The highest BCUT2D eigenvalue weighted by Crippen LogP contribution is 2.23. The Kier molecular flexibility index (Phi) is 4.96. The number of carbonyl (C=O) groups excluding carboxylic acids is 1. The summed E-state index contributed by atoms with van der Waals surface area (Å²) in [5, 5.41) is 6.61. The van der Waals surface area contributed by atoms with Crippen molar-refractivity contribution in [1.82, 2.24) is 19.4 Å². The number of amides is 1. The van der Waals surface area contributed by atoms with E-state index in [1.165, 1.54) is 21.4 Å². The van der Waals surface area contributed by atoms with Gasteiger partial charge in [0.1, 0.15) is 4.90 Å². The number of hydrogen-bond donors (Lipinski definition) is 2. The number of piperidine rings is 1. The SMILES string of the molecule is Cn1cc(S(=O)(=O)N2CCCC(C(=O)NCCN)C2)cn1. The Hall–Kier alpha value is -1.45. The Bertz CT molecular complexity index is 598. The minimum atomic E-state index is -3.58. The maximum atomic E-state index is 12.5. The third-order valence-electron chi connectivity index (χ3n) is 3.52. The number of nitrogens with zero attached hydrogens (tertiary/aromatic N) is 3. The number of hydrogen-bond acceptors (Lipinski definition) is 5. The Morgan fingerprint density at radius 1 is 1.57 bits per heavy atom. The molecule has 8 nitrogen and oxygen atoms in total. The van der Waals surface area contributed by atoms with E-state index in [-0.39, 0.29) is 23.3 Å². The van der Waals surface area contributed by atoms with E-state index in [4.69, 9.17) is 5.73 Å². The van der Waals surface area contributed by atoms with E-state index in [1.807, 2.05) is 0 Å². The fourth-order valence-corrected chi connectivity index (χ4v) is 3.91. The van der Waals surface area contributed by atoms with E-state index >= 15 is 0 Å². The Morgan fingerprint density at radius 2 is 2.33 bits per heavy atom. The summed E-state index contributed by atoms with van der Waals surface area (Å²) in [4.78, 5) is 12.1. The summed E-state index contributed by atoms with van der Waals surface area (Å²) in [6.45, 7) is 1.41. The molecule has 1 aliphatic rings. The number of sulfonamides is 1. The van der Waals surface area contributed by atoms with Crippen molar-refractivity contribution in [3.8, 4) is 0 Å². The lowest BCUT2D eigenvalue weighted by atomic mass is 9.99. The zero-order valence-electron chi connectivity index (χ0n) is 12.0. The average Bonchev–Trinajstić information content (AvgIpc) is 2.92. The zero-order chi connectivity index (χ0) is 15.5. The van der Waals surface area contributed by atoms with Crippen molar-refractivity contribution in [2.75, 3.05) is 26.2 Å². The number of aryl methyl sites for hydroxylation is 1. The molecule has 0 radical (unpaired) electrons. The zero-order valence-corrected chi connectivity index (χ0v) is 12.8. The number of aromatic nitrogens is 2. The topological polar surface area (TPSA) is 110 Å². The first-order valence-corrected chi connectivity index (χ1v) is 8.35. The summed E-state index contributed by atoms with van der Waals surface area (Å²) < 4.78 is 27.8. The third kappa shape index (κ3) is 3.60. The van der Waals surface area contributed by atoms with Crippen LogP contribution in [0, 0.1) is 5.92 Å². The van der Waals surface area contributed by atoms with Crippen molar-refractivity contribution in [2.45, 2.75) is 17.7 Å². The molecule has 0 bridgehead atoms. The minimum absolute atomic E-state index is 0.133. The van der Waals surface area contributed by atoms with Crippen LogP contribution in [0.2, 0.25) is 0 Å². The Labute approximate surface area is 124 Å². The molecule has 3 N–H and O–H groups in total. The third-order valence-corrected chi connectivity index (χ3v) is 5.34. The van der Waals surface area contributed by atoms with Crippen LogP contribution in [0.15, 0.2) is 17.3 Å². The first-order chi connectivity index (χ1) is 9.95. The van der Waals surface area contributed by atoms with Gasteiger partial charge < -0.3 is 11.1 Å². The average molecular weight is 315 g/mol. The quantitative estimate of drug-likeness (QED) is 0.716. The molecule has 21 heavy (non-hydrogen) atoms. The standard InChI is InChI=1S/C12H21N5O3S/c1-16-9-11(7-15-16)21(19,20)17-6-2-3-10(8-17)12(18)14-5-4-13/h7,9-10H,2-6,8,13H2,1H3,(H,14,18). The van der Waals surface area contributed by atoms with E-state index in [1.54, 1.807) is 7.05 Å². The number of rotatable bonds is 5. The number of nitrogens with two attached hydrogens (primary N) is 1. The molecule has 1 aromatic heterocycles. The van der Waals surface area contributed by atoms with Crippen molar-refractivity contribution in [2.24, 2.45) is 18.7 Å². The molecule has 1 saturated heterocycles. The normalized spacial score (nSPS) is 20.4. The molecule has 1 aliphatic heterocycles. The molecule has 2 rings (SSSR count). The van der Waals surface area contributed by atoms with Gasteiger partial charge >= 0.3 is 0 Å². The molecule has 118 valence electrons. The monoisotopic (exact) mass is 315 g/mol. The van der Waals surface area contributed by atoms with Gasteiger partial charge in [-0.1, -0.05) is 0 Å². The van der Waals surface area contributed by atoms with Crippen LogP contribution in [0.3, 0.4) is 0 Å². The molecular weight excluding hydrogens is 294 g/mol. The lowest BCUT2D eigenvalue weighted by Crippen LogP contribution is -2.46. The summed E-state index contributed by atoms with van der Waals surface area (Å²) in [5.41, 5.74) is 5.35. The van der Waals surface area contributed by atoms with E-state index in [9.17, 15) is 13.2 Å². The summed E-state index contributed by atoms with van der Waals surface area (Å²) in [7, 11) is -1.92. The van der Waals surface area contributed by atoms with Gasteiger partial charge in [0, 0.05) is 39.4 Å². The molecule has 1 aromatic rings. The molecule has 0 saturated carbocycles. The van der Waals surface area contributed by atoms with Crippen molar-refractivity contribution < 1.29 is 13.2 Å². The van der Waals surface area contributed by atoms with Crippen LogP contribution < -0.4 is 11.1 Å². The molecule has 0 aromatic carbocycles. The van der Waals surface area contributed by atoms with Crippen LogP contribution in [0.5, 0.6) is 0 Å². The van der Waals surface area contributed by atoms with E-state index < -0.39 is 10.0 Å². The predicted octanol–water partition coefficient (Wildman–Crippen LogP) is -1.10. The molecule has 0 spiro atoms. The smallest absolute Gasteiger partial charge is 0.246 e. The van der Waals surface area contributed by atoms with Crippen LogP contribution in [-0.2, 0) is 21.9 Å². The van der Waals surface area contributed by atoms with Crippen LogP contribution in [0.4, 0.5) is 0 Å². The predicted molar refractivity (Wildman–Crippen MR) is 76.8 cm³/mol. The lowest BCUT2D eigenvalue weighted by molar-refractivity contribution is -0.126. The highest BCUT2D eigenvalue weighted by atomic mass is 32.2. The summed E-state index contributed by atoms with van der Waals surface area (Å²) in [6, 6.07) is 0. The molecule has 1 amide bonds. The van der Waals surface area contributed by atoms with Crippen LogP contribution in [0.25, 0.3) is 0 Å². The van der Waals surface area contributed by atoms with E-state index in [2.05, 4.69) is 10.4 Å². The van der Waals surface area contributed by atoms with Crippen LogP contribution in [-0.4, -0.2) is 54.6 Å². The van der Waals surface area contributed by atoms with Gasteiger partial charge in [-0.15, -0.1) is 0 Å². The second kappa shape index (κ2) is 6.54. The Morgan fingerprint density at radius 3 is 2.95 bits per heavy atom. The highest BCUT2D eigenvalue weighted by Gasteiger charge is 2.33. The first kappa shape index (κ1) is 15.9. The van der Waals surface area contributed by atoms with Crippen molar-refractivity contribution in [3.05, 3.63) is 12.4 Å². The fraction of sp³-hybridized carbons (Fsp3) is 0.667. The molecule has 9 heteroatoms. The van der Waals surface area contributed by atoms with Gasteiger partial charge in [-0.05, 0) is 12.8 Å². The molecule has 1 unspecified atom stereocenters. The molecule has 0 aliphatic carbocycles. The van der Waals surface area contributed by atoms with Crippen molar-refractivity contribution in [3.63, 3.8) is 0 Å². The Balaban J connectivity index is 2.08. The first-order valence-electron chi connectivity index (χ1n) is 6.91. The summed E-state index contributed by atoms with van der Waals surface area (Å²) in [6.07, 6.45) is 4.15. The second-order valence-electron chi connectivity index (χ2n) is 5.13. The van der Waals surface area contributed by atoms with Gasteiger partial charge in [0.2, 0.25) is 15.9 Å². The molecule has 2 heterocycles. The second-order valence-corrected chi connectivity index (χ2v) is 7.07. The van der Waals surface area contributed by atoms with Gasteiger partial charge in [0.15, 0.2) is 0 Å². The largest absolute Gasteiger partial charge is 0.355 e. The number of carbonyl (C=O) groups is 1. The van der Waals surface area contributed by atoms with Crippen LogP contribution in [0.1, 0.15) is 12.8 Å². The van der Waals surface area contributed by atoms with Gasteiger partial charge in [0.05, 0.1) is 12.1 Å². The maximum absolute atomic E-state index is 12.5. The molecular formula is C12H21N5O3S. The van der Waals surface area contributed by atoms with E-state index in [0.29, 0.717) is 32.5 Å². The van der Waals surface area contributed by atoms with Gasteiger partial charge in [-0.2, -0.15) is 9.40 Å². The summed E-state index contributed by atoms with van der Waals surface area (Å²) >= 11 is 0. The van der Waals surface area contributed by atoms with Crippen molar-refractivity contribution >= 4 is 15.9 Å². The molecule has 1 atom stereocenters. The molecule has 1 fully saturated rings. The summed E-state index contributed by atoms with van der Waals surface area (Å²) in [5.74, 6) is -0.455. The van der Waals surface area contributed by atoms with Gasteiger partial charge in [-0.25, -0.2) is 8.42 Å². The fourth-order valence-electron chi connectivity index (χ4n) is 2.40. The van der Waals surface area contributed by atoms with Gasteiger partial charge in [-0.3, -0.25) is 9.48 Å². The maximum Gasteiger partial charge on any atom is 0.246 e. The minimum Gasteiger partial charge on any atom is -0.355 e. The number of nitrogens with one attached hydrogen (secondary N) is 1. The van der Waals surface area contributed by atoms with Crippen LogP contribution >= 0.6 is 0 Å². The lowest BCUT2D eigenvalue weighted by Gasteiger charge is -2.30. The van der Waals surface area contributed by atoms with Crippen molar-refractivity contribution in [1.29, 1.82) is 0 Å². The van der Waals surface area contributed by atoms with Gasteiger partial charge in [0.25, 0.3) is 0 Å². The highest BCUT2D eigenvalue weighted by molar-refractivity contribution is 7.89.